The van der Waals surface area contributed by atoms with Crippen molar-refractivity contribution in [1.82, 2.24) is 20.1 Å². The summed E-state index contributed by atoms with van der Waals surface area (Å²) in [6.07, 6.45) is 9.96. The molecule has 2 aromatic carbocycles. The molecule has 4 rings (SSSR count). The highest BCUT2D eigenvalue weighted by Gasteiger charge is 2.29. The van der Waals surface area contributed by atoms with Crippen molar-refractivity contribution in [3.8, 4) is 0 Å². The van der Waals surface area contributed by atoms with E-state index in [4.69, 9.17) is 0 Å². The van der Waals surface area contributed by atoms with Crippen LogP contribution < -0.4 is 5.32 Å². The largest absolute Gasteiger partial charge is 0.352 e. The quantitative estimate of drug-likeness (QED) is 0.189. The minimum Gasteiger partial charge on any atom is -0.352 e. The normalized spacial score (nSPS) is 14.1. The maximum absolute atomic E-state index is 13.9. The van der Waals surface area contributed by atoms with E-state index in [9.17, 15) is 14.0 Å². The Morgan fingerprint density at radius 2 is 1.73 bits per heavy atom. The topological polar surface area (TPSA) is 65.5 Å². The molecule has 7 heteroatoms. The number of nitrogens with zero attached hydrogens (tertiary/aromatic N) is 3. The Kier molecular flexibility index (Phi) is 12.9. The van der Waals surface area contributed by atoms with E-state index in [2.05, 4.69) is 36.0 Å². The first-order chi connectivity index (χ1) is 21.3. The number of benzene rings is 2. The molecule has 2 heterocycles. The Hall–Kier alpha value is -3.58. The molecular weight excluding hydrogens is 551 g/mol. The van der Waals surface area contributed by atoms with Crippen LogP contribution in [0.4, 0.5) is 4.39 Å². The summed E-state index contributed by atoms with van der Waals surface area (Å²) in [7, 11) is 0. The molecule has 0 bridgehead atoms. The van der Waals surface area contributed by atoms with Crippen molar-refractivity contribution in [3.05, 3.63) is 101 Å². The van der Waals surface area contributed by atoms with Gasteiger partial charge in [-0.3, -0.25) is 14.6 Å². The molecule has 236 valence electrons. The monoisotopic (exact) mass is 600 g/mol. The van der Waals surface area contributed by atoms with Gasteiger partial charge in [-0.2, -0.15) is 0 Å². The van der Waals surface area contributed by atoms with Crippen LogP contribution in [0.15, 0.2) is 66.9 Å². The number of hydrogen-bond donors (Lipinski definition) is 1. The smallest absolute Gasteiger partial charge is 0.272 e. The minimum atomic E-state index is -0.274. The van der Waals surface area contributed by atoms with Crippen molar-refractivity contribution in [2.24, 2.45) is 5.92 Å². The highest BCUT2D eigenvalue weighted by molar-refractivity contribution is 5.94. The number of likely N-dealkylation sites (tertiary alicyclic amines) is 1. The molecule has 6 nitrogen and oxygen atoms in total. The lowest BCUT2D eigenvalue weighted by Gasteiger charge is -2.38. The molecule has 1 fully saturated rings. The van der Waals surface area contributed by atoms with Gasteiger partial charge >= 0.3 is 0 Å². The maximum atomic E-state index is 13.9. The van der Waals surface area contributed by atoms with Gasteiger partial charge in [0.05, 0.1) is 0 Å². The van der Waals surface area contributed by atoms with Crippen LogP contribution in [0.1, 0.15) is 96.8 Å². The molecule has 0 aliphatic carbocycles. The molecule has 0 unspecified atom stereocenters. The Balaban J connectivity index is 1.40. The predicted molar refractivity (Wildman–Crippen MR) is 175 cm³/mol. The number of carbonyl (C=O) groups excluding carboxylic acids is 2. The van der Waals surface area contributed by atoms with Crippen LogP contribution in [0.3, 0.4) is 0 Å². The molecule has 2 amide bonds. The van der Waals surface area contributed by atoms with Crippen LogP contribution in [-0.2, 0) is 19.4 Å². The summed E-state index contributed by atoms with van der Waals surface area (Å²) in [6.45, 7) is 10.7. The molecule has 44 heavy (non-hydrogen) atoms. The molecule has 1 saturated heterocycles. The van der Waals surface area contributed by atoms with E-state index in [1.807, 2.05) is 53.6 Å². The SMILES string of the molecule is CCCCCc1ccc(C(=O)N(Cc2ccc(C(=O)NCCc3cccc(F)c3)cc2)C2CCN(CCC(C)C)CC2)nc1. The number of pyridine rings is 1. The van der Waals surface area contributed by atoms with Gasteiger partial charge in [0.1, 0.15) is 11.5 Å². The molecule has 1 aliphatic heterocycles. The average molecular weight is 601 g/mol. The maximum Gasteiger partial charge on any atom is 0.272 e. The molecule has 1 N–H and O–H groups in total. The molecule has 3 aromatic rings. The van der Waals surface area contributed by atoms with E-state index < -0.39 is 0 Å². The number of carbonyl (C=O) groups is 2. The first-order valence-corrected chi connectivity index (χ1v) is 16.4. The number of aromatic nitrogens is 1. The first-order valence-electron chi connectivity index (χ1n) is 16.4. The van der Waals surface area contributed by atoms with E-state index in [0.717, 1.165) is 56.4 Å². The number of aryl methyl sites for hydroxylation is 1. The van der Waals surface area contributed by atoms with E-state index in [1.54, 1.807) is 6.07 Å². The van der Waals surface area contributed by atoms with Gasteiger partial charge in [-0.15, -0.1) is 0 Å². The Morgan fingerprint density at radius 3 is 2.39 bits per heavy atom. The third-order valence-electron chi connectivity index (χ3n) is 8.55. The number of unbranched alkanes of at least 4 members (excludes halogenated alkanes) is 2. The summed E-state index contributed by atoms with van der Waals surface area (Å²) in [5, 5.41) is 2.92. The molecule has 1 aliphatic rings. The lowest BCUT2D eigenvalue weighted by Crippen LogP contribution is -2.47. The van der Waals surface area contributed by atoms with E-state index in [-0.39, 0.29) is 23.7 Å². The van der Waals surface area contributed by atoms with Crippen LogP contribution in [-0.4, -0.2) is 58.8 Å². The van der Waals surface area contributed by atoms with Crippen LogP contribution in [0.5, 0.6) is 0 Å². The molecule has 1 aromatic heterocycles. The average Bonchev–Trinajstić information content (AvgIpc) is 3.03. The zero-order valence-electron chi connectivity index (χ0n) is 26.7. The number of halogens is 1. The highest BCUT2D eigenvalue weighted by atomic mass is 19.1. The van der Waals surface area contributed by atoms with Gasteiger partial charge < -0.3 is 15.1 Å². The lowest BCUT2D eigenvalue weighted by atomic mass is 10.00. The number of piperidine rings is 1. The van der Waals surface area contributed by atoms with Gasteiger partial charge in [0.15, 0.2) is 0 Å². The Morgan fingerprint density at radius 1 is 0.977 bits per heavy atom. The number of hydrogen-bond acceptors (Lipinski definition) is 4. The fourth-order valence-electron chi connectivity index (χ4n) is 5.76. The second-order valence-electron chi connectivity index (χ2n) is 12.5. The zero-order valence-corrected chi connectivity index (χ0v) is 26.7. The van der Waals surface area contributed by atoms with Gasteiger partial charge in [0.25, 0.3) is 11.8 Å². The number of rotatable bonds is 15. The summed E-state index contributed by atoms with van der Waals surface area (Å²) in [5.41, 5.74) is 4.04. The fraction of sp³-hybridized carbons (Fsp3) is 0.486. The molecule has 0 radical (unpaired) electrons. The summed E-state index contributed by atoms with van der Waals surface area (Å²) < 4.78 is 13.4. The van der Waals surface area contributed by atoms with Gasteiger partial charge in [0, 0.05) is 44.0 Å². The Labute approximate surface area is 263 Å². The van der Waals surface area contributed by atoms with Crippen molar-refractivity contribution in [1.29, 1.82) is 0 Å². The Bertz CT molecular complexity index is 1320. The molecular formula is C37H49FN4O2. The van der Waals surface area contributed by atoms with E-state index in [0.29, 0.717) is 36.7 Å². The molecule has 0 atom stereocenters. The third-order valence-corrected chi connectivity index (χ3v) is 8.55. The van der Waals surface area contributed by atoms with Crippen LogP contribution in [0.25, 0.3) is 0 Å². The summed E-state index contributed by atoms with van der Waals surface area (Å²) in [4.78, 5) is 35.8. The van der Waals surface area contributed by atoms with E-state index in [1.165, 1.54) is 37.0 Å². The minimum absolute atomic E-state index is 0.0371. The van der Waals surface area contributed by atoms with Crippen molar-refractivity contribution in [2.45, 2.75) is 84.7 Å². The molecule has 0 saturated carbocycles. The number of amides is 2. The first kappa shape index (κ1) is 33.3. The van der Waals surface area contributed by atoms with Gasteiger partial charge in [0.2, 0.25) is 0 Å². The zero-order chi connectivity index (χ0) is 31.3. The predicted octanol–water partition coefficient (Wildman–Crippen LogP) is 7.08. The van der Waals surface area contributed by atoms with Crippen LogP contribution >= 0.6 is 0 Å². The summed E-state index contributed by atoms with van der Waals surface area (Å²) in [5.74, 6) is 0.201. The van der Waals surface area contributed by atoms with E-state index >= 15 is 0 Å². The molecule has 0 spiro atoms. The summed E-state index contributed by atoms with van der Waals surface area (Å²) >= 11 is 0. The van der Waals surface area contributed by atoms with Gasteiger partial charge in [-0.25, -0.2) is 4.39 Å². The van der Waals surface area contributed by atoms with Crippen molar-refractivity contribution in [2.75, 3.05) is 26.2 Å². The van der Waals surface area contributed by atoms with Crippen molar-refractivity contribution in [3.63, 3.8) is 0 Å². The summed E-state index contributed by atoms with van der Waals surface area (Å²) in [6, 6.07) is 18.0. The third kappa shape index (κ3) is 10.3. The van der Waals surface area contributed by atoms with Crippen LogP contribution in [0.2, 0.25) is 0 Å². The second kappa shape index (κ2) is 17.0. The van der Waals surface area contributed by atoms with Crippen molar-refractivity contribution >= 4 is 11.8 Å². The van der Waals surface area contributed by atoms with Crippen molar-refractivity contribution < 1.29 is 14.0 Å². The second-order valence-corrected chi connectivity index (χ2v) is 12.5. The van der Waals surface area contributed by atoms with Gasteiger partial charge in [-0.05, 0) is 98.0 Å². The highest BCUT2D eigenvalue weighted by Crippen LogP contribution is 2.23. The van der Waals surface area contributed by atoms with Gasteiger partial charge in [-0.1, -0.05) is 63.9 Å². The lowest BCUT2D eigenvalue weighted by molar-refractivity contribution is 0.0540. The standard InChI is InChI=1S/C37H49FN4O2/c1-4-5-6-8-30-13-16-35(40-26-30)37(44)42(34-19-23-41(24-20-34)22-18-28(2)3)27-31-11-14-32(15-12-31)36(43)39-21-17-29-9-7-10-33(38)25-29/h7,9-16,25-26,28,34H,4-6,8,17-24,27H2,1-3H3,(H,39,43). The fourth-order valence-corrected chi connectivity index (χ4v) is 5.76. The number of nitrogens with one attached hydrogen (secondary N) is 1. The van der Waals surface area contributed by atoms with Crippen LogP contribution in [0, 0.1) is 11.7 Å².